The van der Waals surface area contributed by atoms with Gasteiger partial charge in [-0.25, -0.2) is 4.79 Å². The van der Waals surface area contributed by atoms with Crippen LogP contribution in [0.1, 0.15) is 11.1 Å². The van der Waals surface area contributed by atoms with Crippen LogP contribution in [0.3, 0.4) is 0 Å². The van der Waals surface area contributed by atoms with Crippen molar-refractivity contribution in [2.45, 2.75) is 6.61 Å². The van der Waals surface area contributed by atoms with Crippen LogP contribution in [-0.4, -0.2) is 15.8 Å². The lowest BCUT2D eigenvalue weighted by Gasteiger charge is -2.03. The highest BCUT2D eigenvalue weighted by molar-refractivity contribution is 5.87. The minimum atomic E-state index is -0.742. The molecule has 0 spiro atoms. The topological polar surface area (TPSA) is 113 Å². The predicted molar refractivity (Wildman–Crippen MR) is 85.0 cm³/mol. The summed E-state index contributed by atoms with van der Waals surface area (Å²) < 4.78 is 4.95. The smallest absolute Gasteiger partial charge is 0.331 e. The minimum absolute atomic E-state index is 0.164. The Morgan fingerprint density at radius 1 is 1.00 bits per heavy atom. The zero-order valence-corrected chi connectivity index (χ0v) is 12.3. The van der Waals surface area contributed by atoms with Crippen LogP contribution in [0.25, 0.3) is 6.08 Å². The van der Waals surface area contributed by atoms with Crippen LogP contribution < -0.4 is 0 Å². The molecule has 2 aromatic carbocycles. The van der Waals surface area contributed by atoms with E-state index in [0.29, 0.717) is 0 Å². The molecule has 122 valence electrons. The minimum Gasteiger partial charge on any atom is -0.458 e. The number of benzene rings is 2. The maximum Gasteiger partial charge on any atom is 0.331 e. The molecule has 2 aromatic rings. The number of nitro benzene ring substituents is 2. The summed E-state index contributed by atoms with van der Waals surface area (Å²) in [5.74, 6) is -0.659. The van der Waals surface area contributed by atoms with Crippen LogP contribution in [0.2, 0.25) is 0 Å². The molecule has 2 rings (SSSR count). The van der Waals surface area contributed by atoms with E-state index in [2.05, 4.69) is 0 Å². The van der Waals surface area contributed by atoms with Gasteiger partial charge in [0.15, 0.2) is 0 Å². The number of carbonyl (C=O) groups excluding carboxylic acids is 1. The van der Waals surface area contributed by atoms with Crippen molar-refractivity contribution >= 4 is 23.4 Å². The van der Waals surface area contributed by atoms with Crippen molar-refractivity contribution in [1.82, 2.24) is 0 Å². The Kier molecular flexibility index (Phi) is 5.35. The van der Waals surface area contributed by atoms with E-state index in [9.17, 15) is 25.0 Å². The van der Waals surface area contributed by atoms with Crippen LogP contribution in [0, 0.1) is 20.2 Å². The monoisotopic (exact) mass is 328 g/mol. The molecule has 0 unspecified atom stereocenters. The Bertz CT molecular complexity index is 769. The van der Waals surface area contributed by atoms with Gasteiger partial charge in [-0.2, -0.15) is 0 Å². The summed E-state index contributed by atoms with van der Waals surface area (Å²) in [5, 5.41) is 21.6. The molecule has 0 aliphatic carbocycles. The number of hydrogen-bond acceptors (Lipinski definition) is 6. The van der Waals surface area contributed by atoms with Crippen LogP contribution in [0.15, 0.2) is 54.6 Å². The molecule has 0 radical (unpaired) electrons. The summed E-state index contributed by atoms with van der Waals surface area (Å²) in [4.78, 5) is 31.7. The number of nitro groups is 2. The SMILES string of the molecule is O=C(C=Cc1ccccc1)OCc1cc([N+](=O)[O-])cc([N+](=O)[O-])c1. The van der Waals surface area contributed by atoms with E-state index in [0.717, 1.165) is 23.8 Å². The van der Waals surface area contributed by atoms with Gasteiger partial charge in [0.1, 0.15) is 6.61 Å². The second-order valence-electron chi connectivity index (χ2n) is 4.72. The molecular weight excluding hydrogens is 316 g/mol. The third kappa shape index (κ3) is 4.73. The predicted octanol–water partition coefficient (Wildman–Crippen LogP) is 3.26. The molecule has 0 fully saturated rings. The lowest BCUT2D eigenvalue weighted by Crippen LogP contribution is -2.02. The highest BCUT2D eigenvalue weighted by Gasteiger charge is 2.16. The third-order valence-electron chi connectivity index (χ3n) is 2.98. The normalized spacial score (nSPS) is 10.5. The fourth-order valence-electron chi connectivity index (χ4n) is 1.88. The van der Waals surface area contributed by atoms with E-state index in [-0.39, 0.29) is 12.2 Å². The maximum absolute atomic E-state index is 11.7. The summed E-state index contributed by atoms with van der Waals surface area (Å²) >= 11 is 0. The van der Waals surface area contributed by atoms with Gasteiger partial charge in [-0.15, -0.1) is 0 Å². The van der Waals surface area contributed by atoms with E-state index in [1.165, 1.54) is 6.08 Å². The Morgan fingerprint density at radius 2 is 1.58 bits per heavy atom. The molecule has 0 saturated heterocycles. The molecule has 0 atom stereocenters. The molecular formula is C16H12N2O6. The van der Waals surface area contributed by atoms with Crippen LogP contribution in [-0.2, 0) is 16.1 Å². The first-order chi connectivity index (χ1) is 11.5. The van der Waals surface area contributed by atoms with Crippen LogP contribution in [0.5, 0.6) is 0 Å². The van der Waals surface area contributed by atoms with Gasteiger partial charge in [0, 0.05) is 23.8 Å². The molecule has 8 nitrogen and oxygen atoms in total. The van der Waals surface area contributed by atoms with Gasteiger partial charge in [-0.3, -0.25) is 20.2 Å². The molecule has 0 aromatic heterocycles. The highest BCUT2D eigenvalue weighted by Crippen LogP contribution is 2.23. The quantitative estimate of drug-likeness (QED) is 0.348. The summed E-state index contributed by atoms with van der Waals surface area (Å²) in [6.45, 7) is -0.305. The van der Waals surface area contributed by atoms with E-state index < -0.39 is 27.2 Å². The van der Waals surface area contributed by atoms with Gasteiger partial charge in [-0.1, -0.05) is 30.3 Å². The van der Waals surface area contributed by atoms with E-state index >= 15 is 0 Å². The van der Waals surface area contributed by atoms with Gasteiger partial charge in [0.25, 0.3) is 11.4 Å². The van der Waals surface area contributed by atoms with Gasteiger partial charge in [-0.05, 0) is 11.6 Å². The standard InChI is InChI=1S/C16H12N2O6/c19-16(7-6-12-4-2-1-3-5-12)24-11-13-8-14(17(20)21)10-15(9-13)18(22)23/h1-10H,11H2. The lowest BCUT2D eigenvalue weighted by molar-refractivity contribution is -0.394. The Balaban J connectivity index is 2.05. The number of hydrogen-bond donors (Lipinski definition) is 0. The van der Waals surface area contributed by atoms with E-state index in [4.69, 9.17) is 4.74 Å². The summed E-state index contributed by atoms with van der Waals surface area (Å²) in [6, 6.07) is 12.2. The summed E-state index contributed by atoms with van der Waals surface area (Å²) in [7, 11) is 0. The van der Waals surface area contributed by atoms with Crippen molar-refractivity contribution in [3.8, 4) is 0 Å². The van der Waals surface area contributed by atoms with E-state index in [1.807, 2.05) is 18.2 Å². The molecule has 24 heavy (non-hydrogen) atoms. The lowest BCUT2D eigenvalue weighted by atomic mass is 10.2. The zero-order valence-electron chi connectivity index (χ0n) is 12.3. The zero-order chi connectivity index (χ0) is 17.5. The highest BCUT2D eigenvalue weighted by atomic mass is 16.6. The van der Waals surface area contributed by atoms with Gasteiger partial charge in [0.05, 0.1) is 15.9 Å². The Labute approximate surface area is 136 Å². The number of nitrogens with zero attached hydrogens (tertiary/aromatic N) is 2. The second-order valence-corrected chi connectivity index (χ2v) is 4.72. The van der Waals surface area contributed by atoms with Crippen molar-refractivity contribution < 1.29 is 19.4 Å². The fourth-order valence-corrected chi connectivity index (χ4v) is 1.88. The number of non-ortho nitro benzene ring substituents is 2. The largest absolute Gasteiger partial charge is 0.458 e. The summed E-state index contributed by atoms with van der Waals surface area (Å²) in [6.07, 6.45) is 2.76. The molecule has 0 N–H and O–H groups in total. The average molecular weight is 328 g/mol. The molecule has 0 amide bonds. The van der Waals surface area contributed by atoms with Crippen molar-refractivity contribution in [2.24, 2.45) is 0 Å². The Hall–Kier alpha value is -3.55. The summed E-state index contributed by atoms with van der Waals surface area (Å²) in [5.41, 5.74) is 0.1000. The van der Waals surface area contributed by atoms with Gasteiger partial charge < -0.3 is 4.74 Å². The first kappa shape index (κ1) is 16.8. The van der Waals surface area contributed by atoms with Crippen molar-refractivity contribution in [1.29, 1.82) is 0 Å². The van der Waals surface area contributed by atoms with Crippen LogP contribution >= 0.6 is 0 Å². The molecule has 0 saturated carbocycles. The molecule has 8 heteroatoms. The molecule has 0 aliphatic rings. The average Bonchev–Trinajstić information content (AvgIpc) is 2.58. The van der Waals surface area contributed by atoms with Crippen LogP contribution in [0.4, 0.5) is 11.4 Å². The second kappa shape index (κ2) is 7.63. The first-order valence-corrected chi connectivity index (χ1v) is 6.78. The van der Waals surface area contributed by atoms with E-state index in [1.54, 1.807) is 18.2 Å². The van der Waals surface area contributed by atoms with Crippen molar-refractivity contribution in [3.63, 3.8) is 0 Å². The third-order valence-corrected chi connectivity index (χ3v) is 2.98. The van der Waals surface area contributed by atoms with Crippen molar-refractivity contribution in [2.75, 3.05) is 0 Å². The Morgan fingerprint density at radius 3 is 2.12 bits per heavy atom. The fraction of sp³-hybridized carbons (Fsp3) is 0.0625. The van der Waals surface area contributed by atoms with Crippen molar-refractivity contribution in [3.05, 3.63) is 86.0 Å². The van der Waals surface area contributed by atoms with Gasteiger partial charge >= 0.3 is 5.97 Å². The molecule has 0 bridgehead atoms. The molecule has 0 aliphatic heterocycles. The number of esters is 1. The number of carbonyl (C=O) groups is 1. The first-order valence-electron chi connectivity index (χ1n) is 6.78. The number of rotatable bonds is 6. The van der Waals surface area contributed by atoms with Gasteiger partial charge in [0.2, 0.25) is 0 Å². The molecule has 0 heterocycles. The maximum atomic E-state index is 11.7. The number of ether oxygens (including phenoxy) is 1.